The van der Waals surface area contributed by atoms with Crippen LogP contribution < -0.4 is 5.73 Å². The Hall–Kier alpha value is -0.580. The van der Waals surface area contributed by atoms with Crippen molar-refractivity contribution in [3.8, 4) is 0 Å². The summed E-state index contributed by atoms with van der Waals surface area (Å²) in [6.45, 7) is 4.02. The Kier molecular flexibility index (Phi) is 2.72. The van der Waals surface area contributed by atoms with Gasteiger partial charge in [-0.3, -0.25) is 0 Å². The van der Waals surface area contributed by atoms with Crippen LogP contribution in [0.2, 0.25) is 0 Å². The molecule has 1 fully saturated rings. The van der Waals surface area contributed by atoms with Gasteiger partial charge in [-0.2, -0.15) is 0 Å². The second-order valence-electron chi connectivity index (χ2n) is 3.24. The molecule has 70 valence electrons. The number of hydrogen-bond donors (Lipinski definition) is 2. The van der Waals surface area contributed by atoms with Crippen molar-refractivity contribution in [2.45, 2.75) is 31.8 Å². The molecule has 1 saturated heterocycles. The molecular weight excluding hydrogens is 158 g/mol. The first kappa shape index (κ1) is 9.51. The van der Waals surface area contributed by atoms with Crippen molar-refractivity contribution in [3.05, 3.63) is 12.3 Å². The minimum Gasteiger partial charge on any atom is -0.405 e. The molecule has 0 aromatic rings. The summed E-state index contributed by atoms with van der Waals surface area (Å²) in [7, 11) is 0. The van der Waals surface area contributed by atoms with Crippen LogP contribution in [0.1, 0.15) is 13.8 Å². The lowest BCUT2D eigenvalue weighted by molar-refractivity contribution is -0.147. The molecule has 1 aliphatic rings. The molecule has 0 amide bonds. The standard InChI is InChI=1S/C8H15NO3/c1-8(2)11-5-7(12-8)6(10)3-4-9/h3-4,6-7,10H,5,9H2,1-2H3/b4-3+/t6-,7?/m0/s1. The van der Waals surface area contributed by atoms with Crippen molar-refractivity contribution < 1.29 is 14.6 Å². The Labute approximate surface area is 72.0 Å². The highest BCUT2D eigenvalue weighted by molar-refractivity contribution is 4.92. The van der Waals surface area contributed by atoms with E-state index in [0.29, 0.717) is 6.61 Å². The summed E-state index contributed by atoms with van der Waals surface area (Å²) >= 11 is 0. The summed E-state index contributed by atoms with van der Waals surface area (Å²) < 4.78 is 10.6. The highest BCUT2D eigenvalue weighted by Crippen LogP contribution is 2.24. The van der Waals surface area contributed by atoms with Crippen molar-refractivity contribution in [3.63, 3.8) is 0 Å². The van der Waals surface area contributed by atoms with Crippen LogP contribution in [-0.2, 0) is 9.47 Å². The van der Waals surface area contributed by atoms with Gasteiger partial charge in [-0.25, -0.2) is 0 Å². The van der Waals surface area contributed by atoms with Gasteiger partial charge < -0.3 is 20.3 Å². The Bertz CT molecular complexity index is 179. The van der Waals surface area contributed by atoms with Gasteiger partial charge in [0.15, 0.2) is 5.79 Å². The van der Waals surface area contributed by atoms with Crippen LogP contribution in [0.15, 0.2) is 12.3 Å². The first-order chi connectivity index (χ1) is 5.55. The van der Waals surface area contributed by atoms with E-state index in [9.17, 15) is 5.11 Å². The molecule has 1 unspecified atom stereocenters. The lowest BCUT2D eigenvalue weighted by Crippen LogP contribution is -2.29. The van der Waals surface area contributed by atoms with Crippen LogP contribution in [-0.4, -0.2) is 29.7 Å². The van der Waals surface area contributed by atoms with E-state index in [1.165, 1.54) is 12.3 Å². The maximum Gasteiger partial charge on any atom is 0.163 e. The number of hydrogen-bond acceptors (Lipinski definition) is 4. The molecule has 0 aromatic heterocycles. The number of aliphatic hydroxyl groups is 1. The van der Waals surface area contributed by atoms with E-state index in [1.807, 2.05) is 13.8 Å². The summed E-state index contributed by atoms with van der Waals surface area (Å²) in [5.41, 5.74) is 5.13. The van der Waals surface area contributed by atoms with Crippen LogP contribution in [0.3, 0.4) is 0 Å². The van der Waals surface area contributed by atoms with Crippen molar-refractivity contribution in [1.82, 2.24) is 0 Å². The highest BCUT2D eigenvalue weighted by Gasteiger charge is 2.35. The fourth-order valence-electron chi connectivity index (χ4n) is 1.12. The molecular formula is C8H15NO3. The van der Waals surface area contributed by atoms with E-state index >= 15 is 0 Å². The minimum absolute atomic E-state index is 0.306. The Balaban J connectivity index is 2.46. The summed E-state index contributed by atoms with van der Waals surface area (Å²) in [5.74, 6) is -0.589. The molecule has 0 bridgehead atoms. The van der Waals surface area contributed by atoms with Gasteiger partial charge in [-0.15, -0.1) is 0 Å². The van der Waals surface area contributed by atoms with Crippen LogP contribution >= 0.6 is 0 Å². The van der Waals surface area contributed by atoms with Crippen LogP contribution in [0.25, 0.3) is 0 Å². The zero-order chi connectivity index (χ0) is 9.19. The molecule has 1 aliphatic heterocycles. The third-order valence-corrected chi connectivity index (χ3v) is 1.72. The molecule has 2 atom stereocenters. The molecule has 0 spiro atoms. The Morgan fingerprint density at radius 1 is 1.67 bits per heavy atom. The predicted molar refractivity (Wildman–Crippen MR) is 44.2 cm³/mol. The molecule has 4 nitrogen and oxygen atoms in total. The van der Waals surface area contributed by atoms with Crippen molar-refractivity contribution in [2.75, 3.05) is 6.61 Å². The highest BCUT2D eigenvalue weighted by atomic mass is 16.7. The third-order valence-electron chi connectivity index (χ3n) is 1.72. The van der Waals surface area contributed by atoms with Gasteiger partial charge in [0.1, 0.15) is 12.2 Å². The van der Waals surface area contributed by atoms with E-state index in [4.69, 9.17) is 15.2 Å². The van der Waals surface area contributed by atoms with Crippen LogP contribution in [0, 0.1) is 0 Å². The SMILES string of the molecule is CC1(C)OCC([C@@H](O)/C=C/N)O1. The maximum absolute atomic E-state index is 9.41. The Morgan fingerprint density at radius 3 is 2.75 bits per heavy atom. The molecule has 1 rings (SSSR count). The predicted octanol–water partition coefficient (Wildman–Crippen LogP) is -0.0288. The van der Waals surface area contributed by atoms with E-state index in [-0.39, 0.29) is 6.10 Å². The molecule has 0 aliphatic carbocycles. The second-order valence-corrected chi connectivity index (χ2v) is 3.24. The first-order valence-corrected chi connectivity index (χ1v) is 3.93. The normalized spacial score (nSPS) is 31.1. The van der Waals surface area contributed by atoms with E-state index < -0.39 is 11.9 Å². The molecule has 3 N–H and O–H groups in total. The van der Waals surface area contributed by atoms with Gasteiger partial charge in [0.2, 0.25) is 0 Å². The largest absolute Gasteiger partial charge is 0.405 e. The summed E-state index contributed by atoms with van der Waals surface area (Å²) in [5, 5.41) is 9.41. The third kappa shape index (κ3) is 2.20. The van der Waals surface area contributed by atoms with Gasteiger partial charge in [0.05, 0.1) is 6.61 Å². The molecule has 12 heavy (non-hydrogen) atoms. The van der Waals surface area contributed by atoms with Crippen LogP contribution in [0.4, 0.5) is 0 Å². The topological polar surface area (TPSA) is 64.7 Å². The van der Waals surface area contributed by atoms with Crippen molar-refractivity contribution in [2.24, 2.45) is 5.73 Å². The van der Waals surface area contributed by atoms with Gasteiger partial charge in [0, 0.05) is 0 Å². The Morgan fingerprint density at radius 2 is 2.33 bits per heavy atom. The summed E-state index contributed by atoms with van der Waals surface area (Å²) in [4.78, 5) is 0. The van der Waals surface area contributed by atoms with E-state index in [0.717, 1.165) is 0 Å². The summed E-state index contributed by atoms with van der Waals surface area (Å²) in [6, 6.07) is 0. The van der Waals surface area contributed by atoms with Gasteiger partial charge in [0.25, 0.3) is 0 Å². The van der Waals surface area contributed by atoms with Gasteiger partial charge >= 0.3 is 0 Å². The van der Waals surface area contributed by atoms with E-state index in [1.54, 1.807) is 0 Å². The molecule has 1 heterocycles. The van der Waals surface area contributed by atoms with Gasteiger partial charge in [-0.05, 0) is 26.1 Å². The minimum atomic E-state index is -0.684. The maximum atomic E-state index is 9.41. The number of nitrogens with two attached hydrogens (primary N) is 1. The number of rotatable bonds is 2. The monoisotopic (exact) mass is 173 g/mol. The zero-order valence-electron chi connectivity index (χ0n) is 7.36. The quantitative estimate of drug-likeness (QED) is 0.615. The zero-order valence-corrected chi connectivity index (χ0v) is 7.36. The molecule has 0 saturated carbocycles. The van der Waals surface area contributed by atoms with Crippen molar-refractivity contribution in [1.29, 1.82) is 0 Å². The van der Waals surface area contributed by atoms with Crippen molar-refractivity contribution >= 4 is 0 Å². The number of ether oxygens (including phenoxy) is 2. The van der Waals surface area contributed by atoms with E-state index in [2.05, 4.69) is 0 Å². The second kappa shape index (κ2) is 3.43. The summed E-state index contributed by atoms with van der Waals surface area (Å²) in [6.07, 6.45) is 1.80. The average Bonchev–Trinajstić information content (AvgIpc) is 2.31. The fraction of sp³-hybridized carbons (Fsp3) is 0.750. The molecule has 0 aromatic carbocycles. The molecule has 4 heteroatoms. The fourth-order valence-corrected chi connectivity index (χ4v) is 1.12. The smallest absolute Gasteiger partial charge is 0.163 e. The first-order valence-electron chi connectivity index (χ1n) is 3.93. The number of aliphatic hydroxyl groups excluding tert-OH is 1. The molecule has 0 radical (unpaired) electrons. The van der Waals surface area contributed by atoms with Crippen LogP contribution in [0.5, 0.6) is 0 Å². The average molecular weight is 173 g/mol. The lowest BCUT2D eigenvalue weighted by atomic mass is 10.2. The lowest BCUT2D eigenvalue weighted by Gasteiger charge is -2.18. The van der Waals surface area contributed by atoms with Gasteiger partial charge in [-0.1, -0.05) is 0 Å².